The number of nitrogens with zero attached hydrogens (tertiary/aromatic N) is 2. The first-order chi connectivity index (χ1) is 16.0. The van der Waals surface area contributed by atoms with Gasteiger partial charge in [-0.15, -0.1) is 0 Å². The fraction of sp³-hybridized carbons (Fsp3) is 0.360. The Balaban J connectivity index is 1.76. The van der Waals surface area contributed by atoms with Crippen LogP contribution < -0.4 is 14.2 Å². The summed E-state index contributed by atoms with van der Waals surface area (Å²) in [7, 11) is 4.68. The smallest absolute Gasteiger partial charge is 0.246 e. The molecule has 0 unspecified atom stereocenters. The Labute approximate surface area is 192 Å². The predicted molar refractivity (Wildman–Crippen MR) is 123 cm³/mol. The van der Waals surface area contributed by atoms with Crippen LogP contribution in [0.15, 0.2) is 36.4 Å². The highest BCUT2D eigenvalue weighted by molar-refractivity contribution is 5.97. The van der Waals surface area contributed by atoms with Gasteiger partial charge >= 0.3 is 0 Å². The van der Waals surface area contributed by atoms with Crippen molar-refractivity contribution in [1.29, 1.82) is 0 Å². The first-order valence-electron chi connectivity index (χ1n) is 11.0. The van der Waals surface area contributed by atoms with Crippen LogP contribution in [0.25, 0.3) is 10.9 Å². The topological polar surface area (TPSA) is 84.1 Å². The van der Waals surface area contributed by atoms with Crippen molar-refractivity contribution in [3.05, 3.63) is 53.2 Å². The molecule has 1 aromatic heterocycles. The number of likely N-dealkylation sites (N-methyl/N-ethyl adjacent to an activating group) is 1. The van der Waals surface area contributed by atoms with Crippen molar-refractivity contribution in [2.45, 2.75) is 25.4 Å². The minimum Gasteiger partial charge on any atom is -0.493 e. The van der Waals surface area contributed by atoms with Gasteiger partial charge in [-0.05, 0) is 36.2 Å². The van der Waals surface area contributed by atoms with E-state index in [2.05, 4.69) is 11.1 Å². The van der Waals surface area contributed by atoms with Gasteiger partial charge in [0, 0.05) is 29.6 Å². The number of para-hydroxylation sites is 1. The molecule has 2 atom stereocenters. The average Bonchev–Trinajstić information content (AvgIpc) is 3.22. The predicted octanol–water partition coefficient (Wildman–Crippen LogP) is 2.90. The summed E-state index contributed by atoms with van der Waals surface area (Å²) < 4.78 is 16.7. The maximum absolute atomic E-state index is 13.4. The van der Waals surface area contributed by atoms with Crippen LogP contribution in [-0.2, 0) is 16.0 Å². The van der Waals surface area contributed by atoms with E-state index in [1.54, 1.807) is 31.1 Å². The molecule has 3 heterocycles. The van der Waals surface area contributed by atoms with Crippen molar-refractivity contribution in [1.82, 2.24) is 14.8 Å². The molecule has 3 aromatic rings. The highest BCUT2D eigenvalue weighted by Crippen LogP contribution is 2.46. The number of hydrogen-bond donors (Lipinski definition) is 1. The van der Waals surface area contributed by atoms with Gasteiger partial charge in [0.25, 0.3) is 0 Å². The van der Waals surface area contributed by atoms with Gasteiger partial charge < -0.3 is 29.0 Å². The zero-order chi connectivity index (χ0) is 23.3. The van der Waals surface area contributed by atoms with Crippen LogP contribution in [0.1, 0.15) is 29.8 Å². The number of benzene rings is 2. The third kappa shape index (κ3) is 3.12. The van der Waals surface area contributed by atoms with Crippen LogP contribution in [0, 0.1) is 0 Å². The Morgan fingerprint density at radius 1 is 1.03 bits per heavy atom. The number of nitrogens with one attached hydrogen (secondary N) is 1. The summed E-state index contributed by atoms with van der Waals surface area (Å²) >= 11 is 0. The standard InChI is InChI=1S/C25H27N3O5/c1-5-27-13-21(29)28-18(25(27)30)12-16-15-8-6-7-9-17(15)26-22(16)23(28)14-10-19(31-2)24(33-4)20(11-14)32-3/h6-11,18,23,26H,5,12-13H2,1-4H3/t18-,23+/m1/s1. The van der Waals surface area contributed by atoms with Crippen LogP contribution in [0.3, 0.4) is 0 Å². The van der Waals surface area contributed by atoms with Gasteiger partial charge in [0.1, 0.15) is 6.04 Å². The minimum absolute atomic E-state index is 0.0227. The molecule has 1 fully saturated rings. The number of fused-ring (bicyclic) bond motifs is 4. The number of ether oxygens (including phenoxy) is 3. The lowest BCUT2D eigenvalue weighted by Crippen LogP contribution is -2.62. The number of carbonyl (C=O) groups excluding carboxylic acids is 2. The van der Waals surface area contributed by atoms with Crippen molar-refractivity contribution < 1.29 is 23.8 Å². The van der Waals surface area contributed by atoms with Gasteiger partial charge in [0.05, 0.1) is 33.9 Å². The van der Waals surface area contributed by atoms with Crippen LogP contribution in [0.4, 0.5) is 0 Å². The molecule has 2 amide bonds. The maximum atomic E-state index is 13.4. The molecule has 2 aliphatic rings. The molecule has 0 spiro atoms. The highest BCUT2D eigenvalue weighted by Gasteiger charge is 2.48. The Bertz CT molecular complexity index is 1230. The van der Waals surface area contributed by atoms with Crippen LogP contribution in [-0.4, -0.2) is 67.1 Å². The third-order valence-electron chi connectivity index (χ3n) is 6.73. The molecule has 1 N–H and O–H groups in total. The van der Waals surface area contributed by atoms with Gasteiger partial charge in [-0.25, -0.2) is 0 Å². The minimum atomic E-state index is -0.568. The molecular formula is C25H27N3O5. The van der Waals surface area contributed by atoms with Crippen molar-refractivity contribution in [2.75, 3.05) is 34.4 Å². The van der Waals surface area contributed by atoms with Gasteiger partial charge in [0.2, 0.25) is 17.6 Å². The van der Waals surface area contributed by atoms with Crippen molar-refractivity contribution in [3.63, 3.8) is 0 Å². The quantitative estimate of drug-likeness (QED) is 0.648. The first kappa shape index (κ1) is 21.2. The monoisotopic (exact) mass is 449 g/mol. The Morgan fingerprint density at radius 3 is 2.36 bits per heavy atom. The Morgan fingerprint density at radius 2 is 1.73 bits per heavy atom. The molecule has 2 aromatic carbocycles. The number of amides is 2. The first-order valence-corrected chi connectivity index (χ1v) is 11.0. The summed E-state index contributed by atoms with van der Waals surface area (Å²) in [5.74, 6) is 1.37. The highest BCUT2D eigenvalue weighted by atomic mass is 16.5. The number of aromatic nitrogens is 1. The average molecular weight is 450 g/mol. The molecular weight excluding hydrogens is 422 g/mol. The Kier molecular flexibility index (Phi) is 5.15. The molecule has 8 heteroatoms. The SMILES string of the molecule is CCN1CC(=O)N2[C@@H](c3cc(OC)c(OC)c(OC)c3)c3[nH]c4ccccc4c3C[C@@H]2C1=O. The summed E-state index contributed by atoms with van der Waals surface area (Å²) in [4.78, 5) is 33.7. The van der Waals surface area contributed by atoms with E-state index in [4.69, 9.17) is 14.2 Å². The zero-order valence-corrected chi connectivity index (χ0v) is 19.2. The zero-order valence-electron chi connectivity index (χ0n) is 19.2. The lowest BCUT2D eigenvalue weighted by Gasteiger charge is -2.47. The molecule has 8 nitrogen and oxygen atoms in total. The lowest BCUT2D eigenvalue weighted by molar-refractivity contribution is -0.158. The lowest BCUT2D eigenvalue weighted by atomic mass is 9.86. The summed E-state index contributed by atoms with van der Waals surface area (Å²) in [6.07, 6.45) is 0.474. The van der Waals surface area contributed by atoms with Crippen molar-refractivity contribution >= 4 is 22.7 Å². The third-order valence-corrected chi connectivity index (χ3v) is 6.73. The fourth-order valence-corrected chi connectivity index (χ4v) is 5.20. The van der Waals surface area contributed by atoms with E-state index in [0.717, 1.165) is 27.7 Å². The number of methoxy groups -OCH3 is 3. The molecule has 5 rings (SSSR count). The van der Waals surface area contributed by atoms with Crippen LogP contribution >= 0.6 is 0 Å². The van der Waals surface area contributed by atoms with Gasteiger partial charge in [-0.3, -0.25) is 9.59 Å². The molecule has 172 valence electrons. The van der Waals surface area contributed by atoms with E-state index in [9.17, 15) is 9.59 Å². The second-order valence-electron chi connectivity index (χ2n) is 8.30. The van der Waals surface area contributed by atoms with Gasteiger partial charge in [-0.1, -0.05) is 18.2 Å². The van der Waals surface area contributed by atoms with Crippen LogP contribution in [0.5, 0.6) is 17.2 Å². The van der Waals surface area contributed by atoms with Crippen molar-refractivity contribution in [2.24, 2.45) is 0 Å². The fourth-order valence-electron chi connectivity index (χ4n) is 5.20. The molecule has 0 aliphatic carbocycles. The van der Waals surface area contributed by atoms with E-state index in [0.29, 0.717) is 30.2 Å². The number of H-pyrrole nitrogens is 1. The normalized spacial score (nSPS) is 20.0. The van der Waals surface area contributed by atoms with Crippen LogP contribution in [0.2, 0.25) is 0 Å². The molecule has 0 bridgehead atoms. The molecule has 0 saturated carbocycles. The van der Waals surface area contributed by atoms with E-state index in [1.807, 2.05) is 37.3 Å². The molecule has 0 radical (unpaired) electrons. The number of carbonyl (C=O) groups is 2. The number of aromatic amines is 1. The second kappa shape index (κ2) is 8.03. The summed E-state index contributed by atoms with van der Waals surface area (Å²) in [5, 5.41) is 1.07. The van der Waals surface area contributed by atoms with E-state index < -0.39 is 12.1 Å². The largest absolute Gasteiger partial charge is 0.493 e. The Hall–Kier alpha value is -3.68. The summed E-state index contributed by atoms with van der Waals surface area (Å²) in [6, 6.07) is 10.7. The second-order valence-corrected chi connectivity index (χ2v) is 8.30. The number of piperazine rings is 1. The summed E-state index contributed by atoms with van der Waals surface area (Å²) in [5.41, 5.74) is 3.73. The van der Waals surface area contributed by atoms with Gasteiger partial charge in [0.15, 0.2) is 11.5 Å². The van der Waals surface area contributed by atoms with E-state index in [1.165, 1.54) is 0 Å². The molecule has 33 heavy (non-hydrogen) atoms. The molecule has 1 saturated heterocycles. The van der Waals surface area contributed by atoms with E-state index in [-0.39, 0.29) is 18.4 Å². The number of rotatable bonds is 5. The number of hydrogen-bond acceptors (Lipinski definition) is 5. The van der Waals surface area contributed by atoms with Gasteiger partial charge in [-0.2, -0.15) is 0 Å². The molecule has 2 aliphatic heterocycles. The summed E-state index contributed by atoms with van der Waals surface area (Å²) in [6.45, 7) is 2.48. The van der Waals surface area contributed by atoms with E-state index >= 15 is 0 Å². The van der Waals surface area contributed by atoms with Crippen molar-refractivity contribution in [3.8, 4) is 17.2 Å². The maximum Gasteiger partial charge on any atom is 0.246 e.